The monoisotopic (exact) mass is 357 g/mol. The lowest BCUT2D eigenvalue weighted by molar-refractivity contribution is 1.17. The molecule has 0 atom stereocenters. The molecule has 0 aliphatic rings. The summed E-state index contributed by atoms with van der Waals surface area (Å²) in [7, 11) is 0. The van der Waals surface area contributed by atoms with Gasteiger partial charge in [0.2, 0.25) is 0 Å². The normalized spacial score (nSPS) is 10.5. The van der Waals surface area contributed by atoms with Crippen LogP contribution < -0.4 is 4.90 Å². The molecule has 1 heterocycles. The van der Waals surface area contributed by atoms with Crippen LogP contribution in [0.1, 0.15) is 0 Å². The molecule has 3 nitrogen and oxygen atoms in total. The molecule has 126 valence electrons. The number of aromatic nitrogens is 2. The fourth-order valence-electron chi connectivity index (χ4n) is 2.87. The highest BCUT2D eigenvalue weighted by Crippen LogP contribution is 2.35. The van der Waals surface area contributed by atoms with Gasteiger partial charge < -0.3 is 4.90 Å². The third-order valence-corrected chi connectivity index (χ3v) is 4.29. The van der Waals surface area contributed by atoms with Gasteiger partial charge in [-0.05, 0) is 36.4 Å². The molecule has 0 unspecified atom stereocenters. The molecule has 0 bridgehead atoms. The molecule has 0 amide bonds. The zero-order valence-corrected chi connectivity index (χ0v) is 14.7. The van der Waals surface area contributed by atoms with Gasteiger partial charge in [0, 0.05) is 28.7 Å². The summed E-state index contributed by atoms with van der Waals surface area (Å²) in [6.45, 7) is 0. The minimum atomic E-state index is 0.439. The second-order valence-electron chi connectivity index (χ2n) is 5.78. The van der Waals surface area contributed by atoms with E-state index in [1.54, 1.807) is 6.07 Å². The van der Waals surface area contributed by atoms with E-state index in [1.807, 2.05) is 48.5 Å². The number of anilines is 3. The fourth-order valence-corrected chi connectivity index (χ4v) is 3.02. The van der Waals surface area contributed by atoms with E-state index < -0.39 is 0 Å². The van der Waals surface area contributed by atoms with Crippen LogP contribution in [0.3, 0.4) is 0 Å². The smallest absolute Gasteiger partial charge is 0.133 e. The van der Waals surface area contributed by atoms with Crippen LogP contribution in [0.5, 0.6) is 0 Å². The molecule has 0 saturated heterocycles. The Kier molecular flexibility index (Phi) is 4.63. The number of rotatable bonds is 4. The number of hydrogen-bond acceptors (Lipinski definition) is 3. The topological polar surface area (TPSA) is 29.0 Å². The van der Waals surface area contributed by atoms with Crippen LogP contribution in [0.4, 0.5) is 17.1 Å². The molecule has 0 saturated carbocycles. The highest BCUT2D eigenvalue weighted by molar-refractivity contribution is 6.29. The van der Waals surface area contributed by atoms with E-state index in [2.05, 4.69) is 51.3 Å². The van der Waals surface area contributed by atoms with Crippen molar-refractivity contribution in [3.05, 3.63) is 102 Å². The highest BCUT2D eigenvalue weighted by atomic mass is 35.5. The highest BCUT2D eigenvalue weighted by Gasteiger charge is 2.12. The molecular formula is C22H16ClN3. The first-order valence-corrected chi connectivity index (χ1v) is 8.67. The van der Waals surface area contributed by atoms with E-state index in [4.69, 9.17) is 11.6 Å². The minimum Gasteiger partial charge on any atom is -0.311 e. The summed E-state index contributed by atoms with van der Waals surface area (Å²) in [6.07, 6.45) is 1.48. The van der Waals surface area contributed by atoms with E-state index in [-0.39, 0.29) is 0 Å². The molecular weight excluding hydrogens is 342 g/mol. The third-order valence-electron chi connectivity index (χ3n) is 4.08. The van der Waals surface area contributed by atoms with Crippen molar-refractivity contribution in [2.45, 2.75) is 0 Å². The molecule has 3 aromatic carbocycles. The number of nitrogens with zero attached hydrogens (tertiary/aromatic N) is 3. The molecule has 0 aliphatic carbocycles. The largest absolute Gasteiger partial charge is 0.311 e. The predicted molar refractivity (Wildman–Crippen MR) is 107 cm³/mol. The summed E-state index contributed by atoms with van der Waals surface area (Å²) in [6, 6.07) is 30.7. The molecule has 0 aliphatic heterocycles. The van der Waals surface area contributed by atoms with Crippen molar-refractivity contribution in [2.75, 3.05) is 4.90 Å². The van der Waals surface area contributed by atoms with Crippen molar-refractivity contribution < 1.29 is 0 Å². The summed E-state index contributed by atoms with van der Waals surface area (Å²) in [5, 5.41) is 0.439. The lowest BCUT2D eigenvalue weighted by Crippen LogP contribution is -2.09. The average Bonchev–Trinajstić information content (AvgIpc) is 2.70. The Morgan fingerprint density at radius 2 is 1.15 bits per heavy atom. The standard InChI is InChI=1S/C22H16ClN3/c23-22-15-21(24-16-25-22)17-11-13-20(14-12-17)26(18-7-3-1-4-8-18)19-9-5-2-6-10-19/h1-16H. The molecule has 0 spiro atoms. The van der Waals surface area contributed by atoms with E-state index in [1.165, 1.54) is 6.33 Å². The maximum Gasteiger partial charge on any atom is 0.133 e. The van der Waals surface area contributed by atoms with E-state index in [9.17, 15) is 0 Å². The predicted octanol–water partition coefficient (Wildman–Crippen LogP) is 6.27. The first-order chi connectivity index (χ1) is 12.8. The van der Waals surface area contributed by atoms with Gasteiger partial charge in [0.05, 0.1) is 5.69 Å². The zero-order valence-electron chi connectivity index (χ0n) is 14.0. The van der Waals surface area contributed by atoms with Gasteiger partial charge in [-0.3, -0.25) is 0 Å². The lowest BCUT2D eigenvalue weighted by atomic mass is 10.1. The summed E-state index contributed by atoms with van der Waals surface area (Å²) in [5.41, 5.74) is 5.10. The Labute approximate surface area is 157 Å². The average molecular weight is 358 g/mol. The van der Waals surface area contributed by atoms with Gasteiger partial charge in [-0.15, -0.1) is 0 Å². The molecule has 4 aromatic rings. The van der Waals surface area contributed by atoms with Gasteiger partial charge in [-0.1, -0.05) is 60.1 Å². The Balaban J connectivity index is 1.75. The van der Waals surface area contributed by atoms with E-state index in [0.717, 1.165) is 28.3 Å². The Morgan fingerprint density at radius 1 is 0.615 bits per heavy atom. The third kappa shape index (κ3) is 3.44. The molecule has 0 N–H and O–H groups in total. The first-order valence-electron chi connectivity index (χ1n) is 8.29. The number of para-hydroxylation sites is 2. The van der Waals surface area contributed by atoms with Gasteiger partial charge in [-0.25, -0.2) is 9.97 Å². The summed E-state index contributed by atoms with van der Waals surface area (Å²) in [4.78, 5) is 10.4. The van der Waals surface area contributed by atoms with E-state index >= 15 is 0 Å². The van der Waals surface area contributed by atoms with Gasteiger partial charge in [0.25, 0.3) is 0 Å². The lowest BCUT2D eigenvalue weighted by Gasteiger charge is -2.25. The Hall–Kier alpha value is -3.17. The minimum absolute atomic E-state index is 0.439. The van der Waals surface area contributed by atoms with Gasteiger partial charge in [-0.2, -0.15) is 0 Å². The van der Waals surface area contributed by atoms with Crippen molar-refractivity contribution in [1.29, 1.82) is 0 Å². The first kappa shape index (κ1) is 16.3. The zero-order chi connectivity index (χ0) is 17.8. The summed E-state index contributed by atoms with van der Waals surface area (Å²) in [5.74, 6) is 0. The van der Waals surface area contributed by atoms with Crippen LogP contribution in [0.2, 0.25) is 5.15 Å². The quantitative estimate of drug-likeness (QED) is 0.403. The molecule has 4 heteroatoms. The van der Waals surface area contributed by atoms with Crippen molar-refractivity contribution >= 4 is 28.7 Å². The van der Waals surface area contributed by atoms with Crippen LogP contribution in [-0.4, -0.2) is 9.97 Å². The van der Waals surface area contributed by atoms with Crippen LogP contribution >= 0.6 is 11.6 Å². The molecule has 0 radical (unpaired) electrons. The van der Waals surface area contributed by atoms with Crippen LogP contribution in [0.25, 0.3) is 11.3 Å². The Morgan fingerprint density at radius 3 is 1.69 bits per heavy atom. The molecule has 0 fully saturated rings. The van der Waals surface area contributed by atoms with Gasteiger partial charge >= 0.3 is 0 Å². The van der Waals surface area contributed by atoms with Gasteiger partial charge in [0.1, 0.15) is 11.5 Å². The fraction of sp³-hybridized carbons (Fsp3) is 0. The molecule has 1 aromatic heterocycles. The molecule has 4 rings (SSSR count). The SMILES string of the molecule is Clc1cc(-c2ccc(N(c3ccccc3)c3ccccc3)cc2)ncn1. The van der Waals surface area contributed by atoms with Crippen LogP contribution in [0, 0.1) is 0 Å². The van der Waals surface area contributed by atoms with Crippen molar-refractivity contribution in [3.63, 3.8) is 0 Å². The maximum absolute atomic E-state index is 5.98. The van der Waals surface area contributed by atoms with Crippen LogP contribution in [0.15, 0.2) is 97.3 Å². The second-order valence-corrected chi connectivity index (χ2v) is 6.17. The van der Waals surface area contributed by atoms with Crippen molar-refractivity contribution in [3.8, 4) is 11.3 Å². The number of halogens is 1. The Bertz CT molecular complexity index is 947. The number of hydrogen-bond donors (Lipinski definition) is 0. The number of benzene rings is 3. The second kappa shape index (κ2) is 7.38. The van der Waals surface area contributed by atoms with Crippen molar-refractivity contribution in [2.24, 2.45) is 0 Å². The molecule has 26 heavy (non-hydrogen) atoms. The summed E-state index contributed by atoms with van der Waals surface area (Å²) < 4.78 is 0. The van der Waals surface area contributed by atoms with Crippen LogP contribution in [-0.2, 0) is 0 Å². The van der Waals surface area contributed by atoms with Crippen molar-refractivity contribution in [1.82, 2.24) is 9.97 Å². The maximum atomic E-state index is 5.98. The summed E-state index contributed by atoms with van der Waals surface area (Å²) >= 11 is 5.98. The van der Waals surface area contributed by atoms with E-state index in [0.29, 0.717) is 5.15 Å². The van der Waals surface area contributed by atoms with Gasteiger partial charge in [0.15, 0.2) is 0 Å².